The average molecular weight is 203 g/mol. The van der Waals surface area contributed by atoms with E-state index in [2.05, 4.69) is 0 Å². The molecule has 1 aliphatic rings. The second-order valence-electron chi connectivity index (χ2n) is 3.83. The van der Waals surface area contributed by atoms with E-state index in [-0.39, 0.29) is 24.8 Å². The molecule has 14 heavy (non-hydrogen) atoms. The van der Waals surface area contributed by atoms with E-state index < -0.39 is 18.2 Å². The molecule has 0 aromatic carbocycles. The minimum atomic E-state index is -1.21. The van der Waals surface area contributed by atoms with Gasteiger partial charge in [-0.05, 0) is 0 Å². The number of hydrogen-bond donors (Lipinski definition) is 1. The highest BCUT2D eigenvalue weighted by Gasteiger charge is 2.40. The molecule has 1 rings (SSSR count). The Labute approximate surface area is 81.7 Å². The van der Waals surface area contributed by atoms with Gasteiger partial charge in [-0.3, -0.25) is 4.79 Å². The van der Waals surface area contributed by atoms with Crippen LogP contribution >= 0.6 is 0 Å². The van der Waals surface area contributed by atoms with Crippen LogP contribution in [0.25, 0.3) is 0 Å². The predicted molar refractivity (Wildman–Crippen MR) is 47.5 cm³/mol. The summed E-state index contributed by atoms with van der Waals surface area (Å²) in [4.78, 5) is 23.3. The molecule has 0 unspecified atom stereocenters. The van der Waals surface area contributed by atoms with E-state index in [4.69, 9.17) is 5.11 Å². The normalized spacial score (nSPS) is 27.0. The minimum Gasteiger partial charge on any atom is -0.480 e. The fourth-order valence-electron chi connectivity index (χ4n) is 1.59. The monoisotopic (exact) mass is 203 g/mol. The number of rotatable bonds is 2. The summed E-state index contributed by atoms with van der Waals surface area (Å²) in [5.41, 5.74) is 0. The molecule has 2 atom stereocenters. The van der Waals surface area contributed by atoms with Crippen LogP contribution in [0.5, 0.6) is 0 Å². The van der Waals surface area contributed by atoms with Gasteiger partial charge in [0.15, 0.2) is 0 Å². The van der Waals surface area contributed by atoms with Gasteiger partial charge in [0.25, 0.3) is 0 Å². The third-order valence-corrected chi connectivity index (χ3v) is 2.31. The standard InChI is InChI=1S/C9H14FNO3/c1-5(2)8(12)11-4-6(10)3-7(11)9(13)14/h5-7H,3-4H2,1-2H3,(H,13,14)/t6-,7+/m1/s1. The predicted octanol–water partition coefficient (Wildman–Crippen LogP) is 0.666. The molecule has 1 N–H and O–H groups in total. The highest BCUT2D eigenvalue weighted by atomic mass is 19.1. The molecule has 1 saturated heterocycles. The van der Waals surface area contributed by atoms with Crippen LogP contribution in [0.3, 0.4) is 0 Å². The lowest BCUT2D eigenvalue weighted by molar-refractivity contribution is -0.149. The van der Waals surface area contributed by atoms with Crippen molar-refractivity contribution in [3.05, 3.63) is 0 Å². The van der Waals surface area contributed by atoms with Gasteiger partial charge < -0.3 is 10.0 Å². The molecule has 1 fully saturated rings. The van der Waals surface area contributed by atoms with E-state index in [1.807, 2.05) is 0 Å². The largest absolute Gasteiger partial charge is 0.480 e. The zero-order chi connectivity index (χ0) is 10.9. The molecule has 1 heterocycles. The van der Waals surface area contributed by atoms with Crippen LogP contribution in [-0.2, 0) is 9.59 Å². The Hall–Kier alpha value is -1.13. The first kappa shape index (κ1) is 10.9. The third kappa shape index (κ3) is 2.02. The Morgan fingerprint density at radius 3 is 2.50 bits per heavy atom. The number of nitrogens with zero attached hydrogens (tertiary/aromatic N) is 1. The maximum absolute atomic E-state index is 13.0. The smallest absolute Gasteiger partial charge is 0.326 e. The van der Waals surface area contributed by atoms with Crippen molar-refractivity contribution in [2.24, 2.45) is 5.92 Å². The molecule has 0 aromatic heterocycles. The van der Waals surface area contributed by atoms with E-state index >= 15 is 0 Å². The lowest BCUT2D eigenvalue weighted by atomic mass is 10.1. The average Bonchev–Trinajstić information content (AvgIpc) is 2.45. The quantitative estimate of drug-likeness (QED) is 0.717. The van der Waals surface area contributed by atoms with Gasteiger partial charge in [-0.1, -0.05) is 13.8 Å². The molecule has 0 radical (unpaired) electrons. The summed E-state index contributed by atoms with van der Waals surface area (Å²) in [5.74, 6) is -1.71. The first-order chi connectivity index (χ1) is 6.43. The van der Waals surface area contributed by atoms with Crippen molar-refractivity contribution in [1.82, 2.24) is 4.90 Å². The molecule has 5 heteroatoms. The van der Waals surface area contributed by atoms with Crippen LogP contribution < -0.4 is 0 Å². The van der Waals surface area contributed by atoms with E-state index in [1.165, 1.54) is 0 Å². The van der Waals surface area contributed by atoms with Gasteiger partial charge in [-0.25, -0.2) is 9.18 Å². The Balaban J connectivity index is 2.76. The van der Waals surface area contributed by atoms with Gasteiger partial charge in [0, 0.05) is 12.3 Å². The SMILES string of the molecule is CC(C)C(=O)N1C[C@H](F)C[C@H]1C(=O)O. The summed E-state index contributed by atoms with van der Waals surface area (Å²) in [7, 11) is 0. The molecule has 0 aromatic rings. The van der Waals surface area contributed by atoms with Gasteiger partial charge >= 0.3 is 5.97 Å². The van der Waals surface area contributed by atoms with Crippen molar-refractivity contribution in [1.29, 1.82) is 0 Å². The van der Waals surface area contributed by atoms with E-state index in [1.54, 1.807) is 13.8 Å². The van der Waals surface area contributed by atoms with Gasteiger partial charge in [0.2, 0.25) is 5.91 Å². The van der Waals surface area contributed by atoms with Gasteiger partial charge in [-0.15, -0.1) is 0 Å². The first-order valence-electron chi connectivity index (χ1n) is 4.60. The summed E-state index contributed by atoms with van der Waals surface area (Å²) < 4.78 is 13.0. The highest BCUT2D eigenvalue weighted by molar-refractivity contribution is 5.85. The number of hydrogen-bond acceptors (Lipinski definition) is 2. The maximum atomic E-state index is 13.0. The highest BCUT2D eigenvalue weighted by Crippen LogP contribution is 2.22. The Morgan fingerprint density at radius 2 is 2.07 bits per heavy atom. The van der Waals surface area contributed by atoms with Crippen LogP contribution in [0, 0.1) is 5.92 Å². The fraction of sp³-hybridized carbons (Fsp3) is 0.778. The van der Waals surface area contributed by atoms with Crippen LogP contribution in [0.15, 0.2) is 0 Å². The van der Waals surface area contributed by atoms with E-state index in [0.29, 0.717) is 0 Å². The number of carbonyl (C=O) groups is 2. The van der Waals surface area contributed by atoms with Crippen LogP contribution in [-0.4, -0.2) is 40.6 Å². The lowest BCUT2D eigenvalue weighted by Crippen LogP contribution is -2.42. The van der Waals surface area contributed by atoms with Gasteiger partial charge in [0.05, 0.1) is 6.54 Å². The number of alkyl halides is 1. The van der Waals surface area contributed by atoms with Gasteiger partial charge in [-0.2, -0.15) is 0 Å². The first-order valence-corrected chi connectivity index (χ1v) is 4.60. The molecule has 0 saturated carbocycles. The third-order valence-electron chi connectivity index (χ3n) is 2.31. The van der Waals surface area contributed by atoms with Crippen molar-refractivity contribution in [3.8, 4) is 0 Å². The summed E-state index contributed by atoms with van der Waals surface area (Å²) in [6.45, 7) is 3.26. The van der Waals surface area contributed by atoms with E-state index in [9.17, 15) is 14.0 Å². The van der Waals surface area contributed by atoms with Crippen molar-refractivity contribution in [2.75, 3.05) is 6.54 Å². The molecule has 0 bridgehead atoms. The number of amides is 1. The Morgan fingerprint density at radius 1 is 1.50 bits per heavy atom. The number of likely N-dealkylation sites (tertiary alicyclic amines) is 1. The second kappa shape index (κ2) is 3.94. The molecule has 1 amide bonds. The number of carboxylic acids is 1. The van der Waals surface area contributed by atoms with Crippen molar-refractivity contribution in [2.45, 2.75) is 32.5 Å². The van der Waals surface area contributed by atoms with E-state index in [0.717, 1.165) is 4.90 Å². The lowest BCUT2D eigenvalue weighted by Gasteiger charge is -2.22. The number of aliphatic carboxylic acids is 1. The van der Waals surface area contributed by atoms with Crippen LogP contribution in [0.1, 0.15) is 20.3 Å². The molecule has 4 nitrogen and oxygen atoms in total. The summed E-state index contributed by atoms with van der Waals surface area (Å²) in [6, 6.07) is -0.986. The minimum absolute atomic E-state index is 0.0893. The fourth-order valence-corrected chi connectivity index (χ4v) is 1.59. The Bertz CT molecular complexity index is 254. The summed E-state index contributed by atoms with van der Waals surface area (Å²) >= 11 is 0. The molecule has 0 spiro atoms. The summed E-state index contributed by atoms with van der Waals surface area (Å²) in [5, 5.41) is 8.77. The van der Waals surface area contributed by atoms with Crippen LogP contribution in [0.2, 0.25) is 0 Å². The number of carbonyl (C=O) groups excluding carboxylic acids is 1. The molecular weight excluding hydrogens is 189 g/mol. The van der Waals surface area contributed by atoms with Crippen molar-refractivity contribution < 1.29 is 19.1 Å². The van der Waals surface area contributed by atoms with Gasteiger partial charge in [0.1, 0.15) is 12.2 Å². The topological polar surface area (TPSA) is 57.6 Å². The maximum Gasteiger partial charge on any atom is 0.326 e. The molecular formula is C9H14FNO3. The van der Waals surface area contributed by atoms with Crippen LogP contribution in [0.4, 0.5) is 4.39 Å². The second-order valence-corrected chi connectivity index (χ2v) is 3.83. The number of halogens is 1. The molecule has 80 valence electrons. The van der Waals surface area contributed by atoms with Crippen molar-refractivity contribution >= 4 is 11.9 Å². The zero-order valence-corrected chi connectivity index (χ0v) is 8.24. The van der Waals surface area contributed by atoms with Crippen molar-refractivity contribution in [3.63, 3.8) is 0 Å². The molecule has 1 aliphatic heterocycles. The summed E-state index contributed by atoms with van der Waals surface area (Å²) in [6.07, 6.45) is -1.30. The molecule has 0 aliphatic carbocycles. The Kier molecular flexibility index (Phi) is 3.08. The number of carboxylic acid groups (broad SMARTS) is 1. The zero-order valence-electron chi connectivity index (χ0n) is 8.24.